The van der Waals surface area contributed by atoms with Gasteiger partial charge in [0.25, 0.3) is 0 Å². The minimum atomic E-state index is -0.440. The van der Waals surface area contributed by atoms with Crippen LogP contribution in [0.1, 0.15) is 25.0 Å². The summed E-state index contributed by atoms with van der Waals surface area (Å²) < 4.78 is 13.6. The van der Waals surface area contributed by atoms with Crippen molar-refractivity contribution in [2.75, 3.05) is 0 Å². The first kappa shape index (κ1) is 11.8. The molecule has 0 aromatic heterocycles. The molecule has 0 aliphatic heterocycles. The van der Waals surface area contributed by atoms with E-state index in [0.717, 1.165) is 11.1 Å². The van der Waals surface area contributed by atoms with E-state index in [1.807, 2.05) is 37.3 Å². The van der Waals surface area contributed by atoms with E-state index in [4.69, 9.17) is 0 Å². The highest BCUT2D eigenvalue weighted by molar-refractivity contribution is 5.64. The van der Waals surface area contributed by atoms with E-state index in [1.54, 1.807) is 12.1 Å². The first-order valence-corrected chi connectivity index (χ1v) is 5.75. The number of aliphatic hydroxyl groups is 1. The van der Waals surface area contributed by atoms with Crippen LogP contribution in [0, 0.1) is 5.82 Å². The fourth-order valence-electron chi connectivity index (χ4n) is 1.82. The van der Waals surface area contributed by atoms with Gasteiger partial charge in [-0.3, -0.25) is 0 Å². The molecule has 2 rings (SSSR count). The standard InChI is InChI=1S/C15H15FO/c1-2-15(17)12-9-7-11(8-10-12)13-5-3-4-6-14(13)16/h3-10,15,17H,2H2,1H3/t15-/m0/s1. The average molecular weight is 230 g/mol. The molecule has 2 aromatic rings. The lowest BCUT2D eigenvalue weighted by atomic mass is 10.0. The van der Waals surface area contributed by atoms with Crippen molar-refractivity contribution < 1.29 is 9.50 Å². The average Bonchev–Trinajstić information content (AvgIpc) is 2.39. The number of benzene rings is 2. The third-order valence-electron chi connectivity index (χ3n) is 2.87. The molecular weight excluding hydrogens is 215 g/mol. The molecule has 1 atom stereocenters. The van der Waals surface area contributed by atoms with Crippen LogP contribution in [0.4, 0.5) is 4.39 Å². The van der Waals surface area contributed by atoms with Gasteiger partial charge >= 0.3 is 0 Å². The molecule has 0 spiro atoms. The Morgan fingerprint density at radius 2 is 1.71 bits per heavy atom. The third kappa shape index (κ3) is 2.53. The molecule has 0 fully saturated rings. The summed E-state index contributed by atoms with van der Waals surface area (Å²) in [7, 11) is 0. The van der Waals surface area contributed by atoms with Gasteiger partial charge in [-0.1, -0.05) is 49.4 Å². The van der Waals surface area contributed by atoms with Crippen molar-refractivity contribution in [3.05, 3.63) is 59.9 Å². The van der Waals surface area contributed by atoms with E-state index in [1.165, 1.54) is 6.07 Å². The monoisotopic (exact) mass is 230 g/mol. The molecule has 0 saturated heterocycles. The van der Waals surface area contributed by atoms with Crippen LogP contribution in [0.15, 0.2) is 48.5 Å². The maximum absolute atomic E-state index is 13.6. The van der Waals surface area contributed by atoms with Gasteiger partial charge in [-0.05, 0) is 23.6 Å². The summed E-state index contributed by atoms with van der Waals surface area (Å²) in [5.41, 5.74) is 2.28. The molecule has 2 aromatic carbocycles. The molecule has 0 bridgehead atoms. The first-order valence-electron chi connectivity index (χ1n) is 5.75. The summed E-state index contributed by atoms with van der Waals surface area (Å²) >= 11 is 0. The van der Waals surface area contributed by atoms with E-state index < -0.39 is 6.10 Å². The molecule has 0 saturated carbocycles. The summed E-state index contributed by atoms with van der Waals surface area (Å²) in [6.07, 6.45) is 0.239. The second-order valence-electron chi connectivity index (χ2n) is 4.03. The van der Waals surface area contributed by atoms with Gasteiger partial charge in [0.2, 0.25) is 0 Å². The zero-order valence-corrected chi connectivity index (χ0v) is 9.73. The smallest absolute Gasteiger partial charge is 0.131 e. The molecular formula is C15H15FO. The van der Waals surface area contributed by atoms with Crippen LogP contribution in [0.25, 0.3) is 11.1 Å². The highest BCUT2D eigenvalue weighted by Gasteiger charge is 2.06. The maximum atomic E-state index is 13.6. The highest BCUT2D eigenvalue weighted by atomic mass is 19.1. The largest absolute Gasteiger partial charge is 0.388 e. The van der Waals surface area contributed by atoms with Crippen molar-refractivity contribution in [1.29, 1.82) is 0 Å². The quantitative estimate of drug-likeness (QED) is 0.846. The van der Waals surface area contributed by atoms with Crippen LogP contribution in [0.2, 0.25) is 0 Å². The number of halogens is 1. The van der Waals surface area contributed by atoms with Crippen molar-refractivity contribution in [3.63, 3.8) is 0 Å². The lowest BCUT2D eigenvalue weighted by molar-refractivity contribution is 0.173. The van der Waals surface area contributed by atoms with Crippen molar-refractivity contribution in [3.8, 4) is 11.1 Å². The molecule has 0 aliphatic carbocycles. The van der Waals surface area contributed by atoms with Crippen LogP contribution in [-0.2, 0) is 0 Å². The minimum absolute atomic E-state index is 0.226. The Balaban J connectivity index is 2.33. The van der Waals surface area contributed by atoms with E-state index in [-0.39, 0.29) is 5.82 Å². The zero-order valence-electron chi connectivity index (χ0n) is 9.73. The molecule has 17 heavy (non-hydrogen) atoms. The summed E-state index contributed by atoms with van der Waals surface area (Å²) in [4.78, 5) is 0. The Bertz CT molecular complexity index is 491. The first-order chi connectivity index (χ1) is 8.22. The van der Waals surface area contributed by atoms with Gasteiger partial charge in [-0.2, -0.15) is 0 Å². The SMILES string of the molecule is CC[C@H](O)c1ccc(-c2ccccc2F)cc1. The van der Waals surface area contributed by atoms with Gasteiger partial charge in [-0.15, -0.1) is 0 Å². The van der Waals surface area contributed by atoms with Gasteiger partial charge in [0.15, 0.2) is 0 Å². The third-order valence-corrected chi connectivity index (χ3v) is 2.87. The Hall–Kier alpha value is -1.67. The molecule has 0 radical (unpaired) electrons. The predicted molar refractivity (Wildman–Crippen MR) is 67.1 cm³/mol. The normalized spacial score (nSPS) is 12.4. The fourth-order valence-corrected chi connectivity index (χ4v) is 1.82. The molecule has 2 heteroatoms. The summed E-state index contributed by atoms with van der Waals surface area (Å²) in [5, 5.41) is 9.67. The maximum Gasteiger partial charge on any atom is 0.131 e. The lowest BCUT2D eigenvalue weighted by Gasteiger charge is -2.09. The summed E-state index contributed by atoms with van der Waals surface area (Å²) in [5.74, 6) is -0.226. The van der Waals surface area contributed by atoms with Crippen LogP contribution < -0.4 is 0 Å². The van der Waals surface area contributed by atoms with Crippen molar-refractivity contribution in [2.24, 2.45) is 0 Å². The number of aliphatic hydroxyl groups excluding tert-OH is 1. The summed E-state index contributed by atoms with van der Waals surface area (Å²) in [6.45, 7) is 1.93. The van der Waals surface area contributed by atoms with Crippen molar-refractivity contribution >= 4 is 0 Å². The predicted octanol–water partition coefficient (Wildman–Crippen LogP) is 3.94. The molecule has 1 N–H and O–H groups in total. The zero-order chi connectivity index (χ0) is 12.3. The molecule has 1 nitrogen and oxygen atoms in total. The molecule has 0 aliphatic rings. The number of hydrogen-bond donors (Lipinski definition) is 1. The lowest BCUT2D eigenvalue weighted by Crippen LogP contribution is -1.94. The Morgan fingerprint density at radius 1 is 1.06 bits per heavy atom. The van der Waals surface area contributed by atoms with Crippen LogP contribution in [-0.4, -0.2) is 5.11 Å². The van der Waals surface area contributed by atoms with E-state index in [0.29, 0.717) is 12.0 Å². The Morgan fingerprint density at radius 3 is 2.29 bits per heavy atom. The van der Waals surface area contributed by atoms with Crippen LogP contribution >= 0.6 is 0 Å². The van der Waals surface area contributed by atoms with Crippen molar-refractivity contribution in [2.45, 2.75) is 19.4 Å². The van der Waals surface area contributed by atoms with Gasteiger partial charge in [-0.25, -0.2) is 4.39 Å². The van der Waals surface area contributed by atoms with Gasteiger partial charge in [0, 0.05) is 5.56 Å². The van der Waals surface area contributed by atoms with E-state index in [2.05, 4.69) is 0 Å². The highest BCUT2D eigenvalue weighted by Crippen LogP contribution is 2.25. The van der Waals surface area contributed by atoms with Crippen LogP contribution in [0.3, 0.4) is 0 Å². The van der Waals surface area contributed by atoms with Gasteiger partial charge in [0.05, 0.1) is 6.10 Å². The Labute approximate surface area is 101 Å². The summed E-state index contributed by atoms with van der Waals surface area (Å²) in [6, 6.07) is 14.1. The second-order valence-corrected chi connectivity index (χ2v) is 4.03. The van der Waals surface area contributed by atoms with E-state index in [9.17, 15) is 9.50 Å². The number of hydrogen-bond acceptors (Lipinski definition) is 1. The van der Waals surface area contributed by atoms with Crippen molar-refractivity contribution in [1.82, 2.24) is 0 Å². The molecule has 0 heterocycles. The van der Waals surface area contributed by atoms with E-state index >= 15 is 0 Å². The number of rotatable bonds is 3. The Kier molecular flexibility index (Phi) is 3.55. The topological polar surface area (TPSA) is 20.2 Å². The fraction of sp³-hybridized carbons (Fsp3) is 0.200. The van der Waals surface area contributed by atoms with Gasteiger partial charge < -0.3 is 5.11 Å². The minimum Gasteiger partial charge on any atom is -0.388 e. The van der Waals surface area contributed by atoms with Gasteiger partial charge in [0.1, 0.15) is 5.82 Å². The second kappa shape index (κ2) is 5.11. The van der Waals surface area contributed by atoms with Crippen LogP contribution in [0.5, 0.6) is 0 Å². The molecule has 0 unspecified atom stereocenters. The molecule has 0 amide bonds. The molecule has 88 valence electrons.